The van der Waals surface area contributed by atoms with Crippen LogP contribution in [-0.2, 0) is 0 Å². The molecule has 0 aromatic heterocycles. The maximum atomic E-state index is 10.5. The smallest absolute Gasteiger partial charge is 0.272 e. The van der Waals surface area contributed by atoms with E-state index in [0.717, 1.165) is 5.69 Å². The molecule has 5 nitrogen and oxygen atoms in total. The Kier molecular flexibility index (Phi) is 3.62. The molecule has 0 heterocycles. The number of hydrogen-bond donors (Lipinski definition) is 2. The molecule has 0 spiro atoms. The van der Waals surface area contributed by atoms with E-state index in [0.29, 0.717) is 12.1 Å². The second-order valence-corrected chi connectivity index (χ2v) is 3.49. The molecule has 0 fully saturated rings. The molecule has 1 atom stereocenters. The van der Waals surface area contributed by atoms with E-state index in [-0.39, 0.29) is 5.69 Å². The fourth-order valence-corrected chi connectivity index (χ4v) is 1.24. The summed E-state index contributed by atoms with van der Waals surface area (Å²) in [6.45, 7) is 3.79. The number of rotatable bonds is 4. The molecule has 1 aromatic carbocycles. The zero-order valence-corrected chi connectivity index (χ0v) is 8.73. The Labute approximate surface area is 87.9 Å². The average molecular weight is 210 g/mol. The molecule has 15 heavy (non-hydrogen) atoms. The van der Waals surface area contributed by atoms with Crippen LogP contribution in [-0.4, -0.2) is 22.7 Å². The van der Waals surface area contributed by atoms with Crippen molar-refractivity contribution in [3.8, 4) is 0 Å². The fourth-order valence-electron chi connectivity index (χ4n) is 1.24. The highest BCUT2D eigenvalue weighted by Crippen LogP contribution is 2.21. The zero-order chi connectivity index (χ0) is 11.4. The van der Waals surface area contributed by atoms with Gasteiger partial charge in [-0.25, -0.2) is 0 Å². The van der Waals surface area contributed by atoms with E-state index < -0.39 is 11.0 Å². The SMILES string of the molecule is Cc1cc(NCC(C)O)ccc1[N+](=O)[O-]. The van der Waals surface area contributed by atoms with Crippen LogP contribution in [0.4, 0.5) is 11.4 Å². The number of benzene rings is 1. The Balaban J connectivity index is 2.78. The number of nitrogens with zero attached hydrogens (tertiary/aromatic N) is 1. The molecule has 1 unspecified atom stereocenters. The van der Waals surface area contributed by atoms with E-state index in [2.05, 4.69) is 5.32 Å². The van der Waals surface area contributed by atoms with Crippen LogP contribution >= 0.6 is 0 Å². The second kappa shape index (κ2) is 4.75. The van der Waals surface area contributed by atoms with Gasteiger partial charge in [-0.15, -0.1) is 0 Å². The van der Waals surface area contributed by atoms with Crippen LogP contribution in [0, 0.1) is 17.0 Å². The van der Waals surface area contributed by atoms with Crippen LogP contribution < -0.4 is 5.32 Å². The third-order valence-corrected chi connectivity index (χ3v) is 2.00. The molecule has 0 saturated carbocycles. The summed E-state index contributed by atoms with van der Waals surface area (Å²) in [6, 6.07) is 4.79. The van der Waals surface area contributed by atoms with Crippen LogP contribution in [0.3, 0.4) is 0 Å². The van der Waals surface area contributed by atoms with Gasteiger partial charge in [0, 0.05) is 23.9 Å². The number of aryl methyl sites for hydroxylation is 1. The molecule has 0 amide bonds. The van der Waals surface area contributed by atoms with E-state index >= 15 is 0 Å². The normalized spacial score (nSPS) is 12.2. The van der Waals surface area contributed by atoms with Crippen molar-refractivity contribution in [2.45, 2.75) is 20.0 Å². The molecule has 0 bridgehead atoms. The van der Waals surface area contributed by atoms with Crippen molar-refractivity contribution in [3.63, 3.8) is 0 Å². The van der Waals surface area contributed by atoms with Crippen LogP contribution in [0.25, 0.3) is 0 Å². The summed E-state index contributed by atoms with van der Waals surface area (Å²) >= 11 is 0. The largest absolute Gasteiger partial charge is 0.392 e. The van der Waals surface area contributed by atoms with Crippen LogP contribution in [0.2, 0.25) is 0 Å². The van der Waals surface area contributed by atoms with Gasteiger partial charge in [-0.05, 0) is 26.0 Å². The molecular formula is C10H14N2O3. The number of nitro groups is 1. The van der Waals surface area contributed by atoms with Crippen molar-refractivity contribution in [2.24, 2.45) is 0 Å². The van der Waals surface area contributed by atoms with Gasteiger partial charge in [-0.1, -0.05) is 0 Å². The van der Waals surface area contributed by atoms with Crippen molar-refractivity contribution >= 4 is 11.4 Å². The monoisotopic (exact) mass is 210 g/mol. The number of aliphatic hydroxyl groups is 1. The first-order valence-electron chi connectivity index (χ1n) is 4.67. The maximum Gasteiger partial charge on any atom is 0.272 e. The van der Waals surface area contributed by atoms with Crippen molar-refractivity contribution in [2.75, 3.05) is 11.9 Å². The molecule has 0 aliphatic heterocycles. The first-order chi connectivity index (χ1) is 7.00. The first-order valence-corrected chi connectivity index (χ1v) is 4.67. The third-order valence-electron chi connectivity index (χ3n) is 2.00. The lowest BCUT2D eigenvalue weighted by atomic mass is 10.2. The van der Waals surface area contributed by atoms with Gasteiger partial charge in [0.15, 0.2) is 0 Å². The standard InChI is InChI=1S/C10H14N2O3/c1-7-5-9(11-6-8(2)13)3-4-10(7)12(14)15/h3-5,8,11,13H,6H2,1-2H3. The summed E-state index contributed by atoms with van der Waals surface area (Å²) in [7, 11) is 0. The minimum absolute atomic E-state index is 0.109. The van der Waals surface area contributed by atoms with Gasteiger partial charge in [0.2, 0.25) is 0 Å². The van der Waals surface area contributed by atoms with Crippen LogP contribution in [0.15, 0.2) is 18.2 Å². The quantitative estimate of drug-likeness (QED) is 0.585. The Bertz CT molecular complexity index is 364. The highest BCUT2D eigenvalue weighted by Gasteiger charge is 2.09. The molecular weight excluding hydrogens is 196 g/mol. The van der Waals surface area contributed by atoms with E-state index in [9.17, 15) is 10.1 Å². The highest BCUT2D eigenvalue weighted by atomic mass is 16.6. The van der Waals surface area contributed by atoms with E-state index in [1.54, 1.807) is 26.0 Å². The van der Waals surface area contributed by atoms with Gasteiger partial charge in [-0.2, -0.15) is 0 Å². The van der Waals surface area contributed by atoms with Gasteiger partial charge < -0.3 is 10.4 Å². The molecule has 0 saturated heterocycles. The molecule has 2 N–H and O–H groups in total. The number of hydrogen-bond acceptors (Lipinski definition) is 4. The van der Waals surface area contributed by atoms with Gasteiger partial charge >= 0.3 is 0 Å². The molecule has 0 aliphatic carbocycles. The fraction of sp³-hybridized carbons (Fsp3) is 0.400. The van der Waals surface area contributed by atoms with Gasteiger partial charge in [0.05, 0.1) is 11.0 Å². The Hall–Kier alpha value is -1.62. The van der Waals surface area contributed by atoms with Crippen molar-refractivity contribution in [3.05, 3.63) is 33.9 Å². The molecule has 82 valence electrons. The first kappa shape index (κ1) is 11.5. The second-order valence-electron chi connectivity index (χ2n) is 3.49. The zero-order valence-electron chi connectivity index (χ0n) is 8.73. The van der Waals surface area contributed by atoms with E-state index in [4.69, 9.17) is 5.11 Å². The van der Waals surface area contributed by atoms with Gasteiger partial charge in [0.25, 0.3) is 5.69 Å². The minimum Gasteiger partial charge on any atom is -0.392 e. The minimum atomic E-state index is -0.444. The van der Waals surface area contributed by atoms with Crippen molar-refractivity contribution < 1.29 is 10.0 Å². The topological polar surface area (TPSA) is 75.4 Å². The lowest BCUT2D eigenvalue weighted by Gasteiger charge is -2.08. The Morgan fingerprint density at radius 2 is 2.27 bits per heavy atom. The lowest BCUT2D eigenvalue weighted by Crippen LogP contribution is -2.15. The van der Waals surface area contributed by atoms with Crippen LogP contribution in [0.5, 0.6) is 0 Å². The number of nitro benzene ring substituents is 1. The molecule has 0 aliphatic rings. The predicted molar refractivity (Wildman–Crippen MR) is 58.0 cm³/mol. The van der Waals surface area contributed by atoms with E-state index in [1.165, 1.54) is 6.07 Å². The van der Waals surface area contributed by atoms with Crippen LogP contribution in [0.1, 0.15) is 12.5 Å². The summed E-state index contributed by atoms with van der Waals surface area (Å²) < 4.78 is 0. The number of anilines is 1. The van der Waals surface area contributed by atoms with Crippen molar-refractivity contribution in [1.82, 2.24) is 0 Å². The van der Waals surface area contributed by atoms with Crippen molar-refractivity contribution in [1.29, 1.82) is 0 Å². The maximum absolute atomic E-state index is 10.5. The molecule has 1 rings (SSSR count). The molecule has 5 heteroatoms. The molecule has 0 radical (unpaired) electrons. The Morgan fingerprint density at radius 3 is 2.73 bits per heavy atom. The van der Waals surface area contributed by atoms with Gasteiger partial charge in [-0.3, -0.25) is 10.1 Å². The third kappa shape index (κ3) is 3.21. The summed E-state index contributed by atoms with van der Waals surface area (Å²) in [5, 5.41) is 22.6. The van der Waals surface area contributed by atoms with Gasteiger partial charge in [0.1, 0.15) is 0 Å². The predicted octanol–water partition coefficient (Wildman–Crippen LogP) is 1.70. The molecule has 1 aromatic rings. The lowest BCUT2D eigenvalue weighted by molar-refractivity contribution is -0.385. The summed E-state index contributed by atoms with van der Waals surface area (Å²) in [6.07, 6.45) is -0.444. The summed E-state index contributed by atoms with van der Waals surface area (Å²) in [5.41, 5.74) is 1.49. The number of aliphatic hydroxyl groups excluding tert-OH is 1. The number of nitrogens with one attached hydrogen (secondary N) is 1. The Morgan fingerprint density at radius 1 is 1.60 bits per heavy atom. The highest BCUT2D eigenvalue weighted by molar-refractivity contribution is 5.53. The summed E-state index contributed by atoms with van der Waals surface area (Å²) in [4.78, 5) is 10.1. The average Bonchev–Trinajstić information content (AvgIpc) is 2.14. The summed E-state index contributed by atoms with van der Waals surface area (Å²) in [5.74, 6) is 0. The van der Waals surface area contributed by atoms with E-state index in [1.807, 2.05) is 0 Å².